The fraction of sp³-hybridized carbons (Fsp3) is 0.643. The molecule has 17 heavy (non-hydrogen) atoms. The molecule has 2 N–H and O–H groups in total. The third-order valence-corrected chi connectivity index (χ3v) is 4.30. The van der Waals surface area contributed by atoms with Crippen LogP contribution in [0.15, 0.2) is 18.3 Å². The first-order valence-electron chi connectivity index (χ1n) is 6.71. The van der Waals surface area contributed by atoms with Crippen molar-refractivity contribution in [2.45, 2.75) is 32.4 Å². The van der Waals surface area contributed by atoms with E-state index in [0.717, 1.165) is 24.1 Å². The maximum atomic E-state index is 5.63. The van der Waals surface area contributed by atoms with Crippen molar-refractivity contribution in [3.05, 3.63) is 29.6 Å². The van der Waals surface area contributed by atoms with E-state index < -0.39 is 0 Å². The monoisotopic (exact) mass is 231 g/mol. The maximum Gasteiger partial charge on any atom is 0.0542 e. The smallest absolute Gasteiger partial charge is 0.0542 e. The molecule has 2 heterocycles. The SMILES string of the molecule is NCc1cc(CN2CC3CCCC3C2)ccn1. The highest BCUT2D eigenvalue weighted by molar-refractivity contribution is 5.16. The number of likely N-dealkylation sites (tertiary alicyclic amines) is 1. The summed E-state index contributed by atoms with van der Waals surface area (Å²) in [6.45, 7) is 4.21. The van der Waals surface area contributed by atoms with Crippen molar-refractivity contribution >= 4 is 0 Å². The van der Waals surface area contributed by atoms with E-state index in [0.29, 0.717) is 6.54 Å². The van der Waals surface area contributed by atoms with Gasteiger partial charge in [0.2, 0.25) is 0 Å². The van der Waals surface area contributed by atoms with Crippen molar-refractivity contribution in [2.75, 3.05) is 13.1 Å². The van der Waals surface area contributed by atoms with Gasteiger partial charge in [0.05, 0.1) is 5.69 Å². The van der Waals surface area contributed by atoms with E-state index in [1.807, 2.05) is 6.20 Å². The molecule has 0 bridgehead atoms. The molecule has 92 valence electrons. The number of rotatable bonds is 3. The molecule has 1 saturated heterocycles. The third kappa shape index (κ3) is 2.35. The van der Waals surface area contributed by atoms with E-state index >= 15 is 0 Å². The van der Waals surface area contributed by atoms with Gasteiger partial charge in [0.1, 0.15) is 0 Å². The van der Waals surface area contributed by atoms with Crippen molar-refractivity contribution in [3.63, 3.8) is 0 Å². The molecule has 1 aromatic rings. The molecule has 0 spiro atoms. The second-order valence-corrected chi connectivity index (χ2v) is 5.50. The van der Waals surface area contributed by atoms with Crippen LogP contribution in [0.2, 0.25) is 0 Å². The molecule has 2 atom stereocenters. The van der Waals surface area contributed by atoms with Crippen LogP contribution in [0.3, 0.4) is 0 Å². The Hall–Kier alpha value is -0.930. The summed E-state index contributed by atoms with van der Waals surface area (Å²) < 4.78 is 0. The van der Waals surface area contributed by atoms with E-state index in [1.165, 1.54) is 37.9 Å². The summed E-state index contributed by atoms with van der Waals surface area (Å²) in [5.41, 5.74) is 7.99. The lowest BCUT2D eigenvalue weighted by molar-refractivity contribution is 0.303. The van der Waals surface area contributed by atoms with E-state index in [-0.39, 0.29) is 0 Å². The summed E-state index contributed by atoms with van der Waals surface area (Å²) in [5.74, 6) is 1.96. The number of aromatic nitrogens is 1. The van der Waals surface area contributed by atoms with Crippen LogP contribution in [0.4, 0.5) is 0 Å². The van der Waals surface area contributed by atoms with Gasteiger partial charge in [-0.15, -0.1) is 0 Å². The van der Waals surface area contributed by atoms with Crippen molar-refractivity contribution in [1.82, 2.24) is 9.88 Å². The van der Waals surface area contributed by atoms with E-state index in [1.54, 1.807) is 0 Å². The second kappa shape index (κ2) is 4.75. The molecule has 0 aromatic carbocycles. The molecule has 3 nitrogen and oxygen atoms in total. The fourth-order valence-corrected chi connectivity index (χ4v) is 3.46. The van der Waals surface area contributed by atoms with E-state index in [9.17, 15) is 0 Å². The molecule has 3 rings (SSSR count). The Morgan fingerprint density at radius 2 is 2.06 bits per heavy atom. The largest absolute Gasteiger partial charge is 0.325 e. The summed E-state index contributed by atoms with van der Waals surface area (Å²) in [7, 11) is 0. The van der Waals surface area contributed by atoms with Crippen LogP contribution in [0.25, 0.3) is 0 Å². The van der Waals surface area contributed by atoms with Gasteiger partial charge in [0, 0.05) is 32.4 Å². The molecule has 3 heteroatoms. The molecule has 0 radical (unpaired) electrons. The number of pyridine rings is 1. The van der Waals surface area contributed by atoms with Crippen LogP contribution >= 0.6 is 0 Å². The van der Waals surface area contributed by atoms with Gasteiger partial charge in [-0.25, -0.2) is 0 Å². The average molecular weight is 231 g/mol. The van der Waals surface area contributed by atoms with Gasteiger partial charge in [0.15, 0.2) is 0 Å². The molecule has 2 unspecified atom stereocenters. The predicted octanol–water partition coefficient (Wildman–Crippen LogP) is 1.77. The van der Waals surface area contributed by atoms with Gasteiger partial charge < -0.3 is 5.73 Å². The maximum absolute atomic E-state index is 5.63. The molecular weight excluding hydrogens is 210 g/mol. The number of hydrogen-bond donors (Lipinski definition) is 1. The van der Waals surface area contributed by atoms with Gasteiger partial charge in [-0.3, -0.25) is 9.88 Å². The zero-order chi connectivity index (χ0) is 11.7. The molecule has 2 aliphatic rings. The third-order valence-electron chi connectivity index (χ3n) is 4.30. The Labute approximate surface area is 103 Å². The lowest BCUT2D eigenvalue weighted by Gasteiger charge is -2.16. The summed E-state index contributed by atoms with van der Waals surface area (Å²) >= 11 is 0. The lowest BCUT2D eigenvalue weighted by Crippen LogP contribution is -2.21. The van der Waals surface area contributed by atoms with Crippen LogP contribution in [-0.2, 0) is 13.1 Å². The molecular formula is C14H21N3. The first-order valence-corrected chi connectivity index (χ1v) is 6.71. The van der Waals surface area contributed by atoms with Gasteiger partial charge in [-0.05, 0) is 42.4 Å². The Bertz CT molecular complexity index is 379. The molecule has 1 aliphatic heterocycles. The van der Waals surface area contributed by atoms with Crippen molar-refractivity contribution in [1.29, 1.82) is 0 Å². The lowest BCUT2D eigenvalue weighted by atomic mass is 10.0. The average Bonchev–Trinajstić information content (AvgIpc) is 2.90. The minimum Gasteiger partial charge on any atom is -0.325 e. The van der Waals surface area contributed by atoms with Gasteiger partial charge >= 0.3 is 0 Å². The number of fused-ring (bicyclic) bond motifs is 1. The Morgan fingerprint density at radius 1 is 1.29 bits per heavy atom. The van der Waals surface area contributed by atoms with Crippen LogP contribution < -0.4 is 5.73 Å². The topological polar surface area (TPSA) is 42.1 Å². The van der Waals surface area contributed by atoms with Crippen molar-refractivity contribution in [3.8, 4) is 0 Å². The Morgan fingerprint density at radius 3 is 2.76 bits per heavy atom. The van der Waals surface area contributed by atoms with Gasteiger partial charge in [0.25, 0.3) is 0 Å². The quantitative estimate of drug-likeness (QED) is 0.862. The predicted molar refractivity (Wildman–Crippen MR) is 68.2 cm³/mol. The normalized spacial score (nSPS) is 28.5. The number of nitrogens with zero attached hydrogens (tertiary/aromatic N) is 2. The molecule has 0 amide bonds. The van der Waals surface area contributed by atoms with Crippen LogP contribution in [0.1, 0.15) is 30.5 Å². The second-order valence-electron chi connectivity index (χ2n) is 5.50. The summed E-state index contributed by atoms with van der Waals surface area (Å²) in [6.07, 6.45) is 6.24. The van der Waals surface area contributed by atoms with Crippen molar-refractivity contribution in [2.24, 2.45) is 17.6 Å². The summed E-state index contributed by atoms with van der Waals surface area (Å²) in [4.78, 5) is 6.85. The fourth-order valence-electron chi connectivity index (χ4n) is 3.46. The zero-order valence-electron chi connectivity index (χ0n) is 10.3. The van der Waals surface area contributed by atoms with Gasteiger partial charge in [-0.1, -0.05) is 6.42 Å². The first-order chi connectivity index (χ1) is 8.35. The number of nitrogens with two attached hydrogens (primary N) is 1. The number of hydrogen-bond acceptors (Lipinski definition) is 3. The molecule has 1 saturated carbocycles. The summed E-state index contributed by atoms with van der Waals surface area (Å²) in [6, 6.07) is 4.27. The molecule has 2 fully saturated rings. The summed E-state index contributed by atoms with van der Waals surface area (Å²) in [5, 5.41) is 0. The Kier molecular flexibility index (Phi) is 3.12. The molecule has 1 aromatic heterocycles. The zero-order valence-corrected chi connectivity index (χ0v) is 10.3. The van der Waals surface area contributed by atoms with Crippen molar-refractivity contribution < 1.29 is 0 Å². The minimum absolute atomic E-state index is 0.541. The Balaban J connectivity index is 1.63. The van der Waals surface area contributed by atoms with Crippen LogP contribution in [0.5, 0.6) is 0 Å². The van der Waals surface area contributed by atoms with E-state index in [4.69, 9.17) is 5.73 Å². The van der Waals surface area contributed by atoms with E-state index in [2.05, 4.69) is 22.0 Å². The van der Waals surface area contributed by atoms with Crippen LogP contribution in [0, 0.1) is 11.8 Å². The highest BCUT2D eigenvalue weighted by Gasteiger charge is 2.35. The minimum atomic E-state index is 0.541. The molecule has 1 aliphatic carbocycles. The van der Waals surface area contributed by atoms with Gasteiger partial charge in [-0.2, -0.15) is 0 Å². The standard InChI is InChI=1S/C14H21N3/c15-7-14-6-11(4-5-16-14)8-17-9-12-2-1-3-13(12)10-17/h4-6,12-13H,1-3,7-10,15H2. The first kappa shape index (κ1) is 11.2. The highest BCUT2D eigenvalue weighted by atomic mass is 15.2. The van der Waals surface area contributed by atoms with Crippen LogP contribution in [-0.4, -0.2) is 23.0 Å². The highest BCUT2D eigenvalue weighted by Crippen LogP contribution is 2.38.